The summed E-state index contributed by atoms with van der Waals surface area (Å²) in [5, 5.41) is 0. The number of likely N-dealkylation sites (N-methyl/N-ethyl adjacent to an activating group) is 1. The zero-order valence-corrected chi connectivity index (χ0v) is 14.7. The minimum Gasteiger partial charge on any atom is -0.341 e. The second-order valence-electron chi connectivity index (χ2n) is 6.58. The molecule has 0 saturated carbocycles. The number of amides is 1. The summed E-state index contributed by atoms with van der Waals surface area (Å²) in [5.41, 5.74) is 0.558. The maximum absolute atomic E-state index is 13.7. The first-order valence-electron chi connectivity index (χ1n) is 8.97. The summed E-state index contributed by atoms with van der Waals surface area (Å²) in [6.07, 6.45) is 3.49. The maximum Gasteiger partial charge on any atom is 0.236 e. The molecule has 1 aromatic carbocycles. The molecule has 0 radical (unpaired) electrons. The van der Waals surface area contributed by atoms with Crippen molar-refractivity contribution in [2.24, 2.45) is 5.92 Å². The SMILES string of the molecule is CCN(CC)CC(=O)N1CCC[C@@H](CCc2ccc(F)cc2F)C1. The summed E-state index contributed by atoms with van der Waals surface area (Å²) >= 11 is 0. The summed E-state index contributed by atoms with van der Waals surface area (Å²) in [7, 11) is 0. The van der Waals surface area contributed by atoms with Gasteiger partial charge in [-0.25, -0.2) is 8.78 Å². The first-order valence-corrected chi connectivity index (χ1v) is 8.97. The molecule has 3 nitrogen and oxygen atoms in total. The van der Waals surface area contributed by atoms with E-state index in [1.54, 1.807) is 0 Å². The van der Waals surface area contributed by atoms with Gasteiger partial charge in [0.15, 0.2) is 0 Å². The number of hydrogen-bond acceptors (Lipinski definition) is 2. The quantitative estimate of drug-likeness (QED) is 0.760. The first-order chi connectivity index (χ1) is 11.5. The van der Waals surface area contributed by atoms with Gasteiger partial charge in [-0.1, -0.05) is 19.9 Å². The van der Waals surface area contributed by atoms with E-state index in [1.807, 2.05) is 4.90 Å². The summed E-state index contributed by atoms with van der Waals surface area (Å²) in [4.78, 5) is 16.5. The summed E-state index contributed by atoms with van der Waals surface area (Å²) in [6, 6.07) is 3.77. The van der Waals surface area contributed by atoms with Gasteiger partial charge >= 0.3 is 0 Å². The van der Waals surface area contributed by atoms with Crippen LogP contribution in [-0.2, 0) is 11.2 Å². The van der Waals surface area contributed by atoms with Crippen molar-refractivity contribution < 1.29 is 13.6 Å². The molecule has 0 aromatic heterocycles. The highest BCUT2D eigenvalue weighted by molar-refractivity contribution is 5.78. The van der Waals surface area contributed by atoms with Gasteiger partial charge in [0.2, 0.25) is 5.91 Å². The van der Waals surface area contributed by atoms with Crippen LogP contribution in [0.15, 0.2) is 18.2 Å². The van der Waals surface area contributed by atoms with Gasteiger partial charge in [0.1, 0.15) is 11.6 Å². The topological polar surface area (TPSA) is 23.6 Å². The van der Waals surface area contributed by atoms with Crippen LogP contribution >= 0.6 is 0 Å². The summed E-state index contributed by atoms with van der Waals surface area (Å²) in [6.45, 7) is 7.93. The van der Waals surface area contributed by atoms with Crippen molar-refractivity contribution >= 4 is 5.91 Å². The molecule has 1 atom stereocenters. The van der Waals surface area contributed by atoms with Gasteiger partial charge in [0, 0.05) is 19.2 Å². The molecule has 1 fully saturated rings. The number of hydrogen-bond donors (Lipinski definition) is 0. The Morgan fingerprint density at radius 2 is 2.04 bits per heavy atom. The van der Waals surface area contributed by atoms with Gasteiger partial charge in [-0.05, 0) is 56.3 Å². The van der Waals surface area contributed by atoms with E-state index in [0.717, 1.165) is 51.5 Å². The second-order valence-corrected chi connectivity index (χ2v) is 6.58. The molecule has 2 rings (SSSR count). The molecule has 1 aromatic rings. The molecule has 1 amide bonds. The fourth-order valence-electron chi connectivity index (χ4n) is 3.35. The van der Waals surface area contributed by atoms with Gasteiger partial charge in [-0.3, -0.25) is 9.69 Å². The molecule has 0 N–H and O–H groups in total. The van der Waals surface area contributed by atoms with Crippen molar-refractivity contribution in [2.75, 3.05) is 32.7 Å². The number of halogens is 2. The van der Waals surface area contributed by atoms with E-state index in [2.05, 4.69) is 18.7 Å². The van der Waals surface area contributed by atoms with Gasteiger partial charge in [-0.15, -0.1) is 0 Å². The molecule has 1 saturated heterocycles. The molecule has 1 aliphatic rings. The van der Waals surface area contributed by atoms with Crippen LogP contribution in [-0.4, -0.2) is 48.4 Å². The number of rotatable bonds is 7. The van der Waals surface area contributed by atoms with Crippen molar-refractivity contribution in [2.45, 2.75) is 39.5 Å². The minimum absolute atomic E-state index is 0.191. The summed E-state index contributed by atoms with van der Waals surface area (Å²) < 4.78 is 26.7. The predicted octanol–water partition coefficient (Wildman–Crippen LogP) is 3.48. The van der Waals surface area contributed by atoms with E-state index in [9.17, 15) is 13.6 Å². The Kier molecular flexibility index (Phi) is 7.16. The molecule has 1 heterocycles. The molecular formula is C19H28F2N2O. The molecule has 1 aliphatic heterocycles. The third kappa shape index (κ3) is 5.26. The first kappa shape index (κ1) is 18.8. The zero-order valence-electron chi connectivity index (χ0n) is 14.7. The van der Waals surface area contributed by atoms with Crippen LogP contribution in [0.3, 0.4) is 0 Å². The predicted molar refractivity (Wildman–Crippen MR) is 91.8 cm³/mol. The molecule has 24 heavy (non-hydrogen) atoms. The fraction of sp³-hybridized carbons (Fsp3) is 0.632. The number of likely N-dealkylation sites (tertiary alicyclic amines) is 1. The minimum atomic E-state index is -0.540. The molecule has 0 bridgehead atoms. The summed E-state index contributed by atoms with van der Waals surface area (Å²) in [5.74, 6) is -0.428. The van der Waals surface area contributed by atoms with Gasteiger partial charge < -0.3 is 4.90 Å². The molecule has 0 unspecified atom stereocenters. The van der Waals surface area contributed by atoms with Crippen molar-refractivity contribution in [1.29, 1.82) is 0 Å². The number of benzene rings is 1. The van der Waals surface area contributed by atoms with Crippen molar-refractivity contribution in [3.63, 3.8) is 0 Å². The molecule has 0 spiro atoms. The van der Waals surface area contributed by atoms with Crippen LogP contribution in [0.4, 0.5) is 8.78 Å². The van der Waals surface area contributed by atoms with Gasteiger partial charge in [0.25, 0.3) is 0 Å². The number of aryl methyl sites for hydroxylation is 1. The average molecular weight is 338 g/mol. The smallest absolute Gasteiger partial charge is 0.236 e. The number of carbonyl (C=O) groups is 1. The Bertz CT molecular complexity index is 546. The number of piperidine rings is 1. The standard InChI is InChI=1S/C19H28F2N2O/c1-3-22(4-2)14-19(24)23-11-5-6-15(13-23)7-8-16-9-10-17(20)12-18(16)21/h9-10,12,15H,3-8,11,13-14H2,1-2H3/t15-/m0/s1. The van der Waals surface area contributed by atoms with E-state index in [4.69, 9.17) is 0 Å². The lowest BCUT2D eigenvalue weighted by molar-refractivity contribution is -0.134. The lowest BCUT2D eigenvalue weighted by atomic mass is 9.91. The third-order valence-electron chi connectivity index (χ3n) is 4.96. The lowest BCUT2D eigenvalue weighted by Gasteiger charge is -2.34. The van der Waals surface area contributed by atoms with E-state index in [1.165, 1.54) is 12.1 Å². The van der Waals surface area contributed by atoms with Crippen LogP contribution in [0.1, 0.15) is 38.7 Å². The molecule has 5 heteroatoms. The van der Waals surface area contributed by atoms with Crippen molar-refractivity contribution in [1.82, 2.24) is 9.80 Å². The Hall–Kier alpha value is -1.49. The van der Waals surface area contributed by atoms with Gasteiger partial charge in [-0.2, -0.15) is 0 Å². The Morgan fingerprint density at radius 1 is 1.29 bits per heavy atom. The van der Waals surface area contributed by atoms with Gasteiger partial charge in [0.05, 0.1) is 6.54 Å². The highest BCUT2D eigenvalue weighted by Crippen LogP contribution is 2.23. The Labute approximate surface area is 143 Å². The number of carbonyl (C=O) groups excluding carboxylic acids is 1. The molecule has 134 valence electrons. The average Bonchev–Trinajstić information content (AvgIpc) is 2.59. The van der Waals surface area contributed by atoms with E-state index in [0.29, 0.717) is 24.4 Å². The molecule has 0 aliphatic carbocycles. The monoisotopic (exact) mass is 338 g/mol. The van der Waals surface area contributed by atoms with Crippen molar-refractivity contribution in [3.8, 4) is 0 Å². The second kappa shape index (κ2) is 9.11. The maximum atomic E-state index is 13.7. The van der Waals surface area contributed by atoms with Crippen LogP contribution in [0.25, 0.3) is 0 Å². The van der Waals surface area contributed by atoms with E-state index >= 15 is 0 Å². The van der Waals surface area contributed by atoms with E-state index in [-0.39, 0.29) is 5.91 Å². The normalized spacial score (nSPS) is 18.2. The Balaban J connectivity index is 1.85. The number of nitrogens with zero attached hydrogens (tertiary/aromatic N) is 2. The van der Waals surface area contributed by atoms with Crippen LogP contribution < -0.4 is 0 Å². The third-order valence-corrected chi connectivity index (χ3v) is 4.96. The fourth-order valence-corrected chi connectivity index (χ4v) is 3.35. The zero-order chi connectivity index (χ0) is 17.5. The highest BCUT2D eigenvalue weighted by atomic mass is 19.1. The largest absolute Gasteiger partial charge is 0.341 e. The van der Waals surface area contributed by atoms with E-state index < -0.39 is 11.6 Å². The van der Waals surface area contributed by atoms with Crippen LogP contribution in [0, 0.1) is 17.6 Å². The lowest BCUT2D eigenvalue weighted by Crippen LogP contribution is -2.45. The Morgan fingerprint density at radius 3 is 2.71 bits per heavy atom. The highest BCUT2D eigenvalue weighted by Gasteiger charge is 2.24. The van der Waals surface area contributed by atoms with Crippen molar-refractivity contribution in [3.05, 3.63) is 35.4 Å². The van der Waals surface area contributed by atoms with Crippen LogP contribution in [0.5, 0.6) is 0 Å². The molecular weight excluding hydrogens is 310 g/mol. The van der Waals surface area contributed by atoms with Crippen LogP contribution in [0.2, 0.25) is 0 Å².